The topological polar surface area (TPSA) is 62.2 Å². The maximum Gasteiger partial charge on any atom is 0.0721 e. The average Bonchev–Trinajstić information content (AvgIpc) is 3.23. The third-order valence-electron chi connectivity index (χ3n) is 6.83. The predicted molar refractivity (Wildman–Crippen MR) is 116 cm³/mol. The van der Waals surface area contributed by atoms with Crippen molar-refractivity contribution >= 4 is 0 Å². The minimum Gasteiger partial charge on any atom is -0.392 e. The van der Waals surface area contributed by atoms with Gasteiger partial charge >= 0.3 is 0 Å². The van der Waals surface area contributed by atoms with E-state index >= 15 is 0 Å². The summed E-state index contributed by atoms with van der Waals surface area (Å²) in [5.74, 6) is 1.16. The lowest BCUT2D eigenvalue weighted by molar-refractivity contribution is 0.0207. The summed E-state index contributed by atoms with van der Waals surface area (Å²) in [5.41, 5.74) is 1.49. The number of hydrogen-bond acceptors (Lipinski definition) is 5. The molecule has 2 fully saturated rings. The third kappa shape index (κ3) is 7.18. The maximum absolute atomic E-state index is 10.5. The summed E-state index contributed by atoms with van der Waals surface area (Å²) in [6.07, 6.45) is 12.9. The van der Waals surface area contributed by atoms with E-state index in [2.05, 4.69) is 24.0 Å². The van der Waals surface area contributed by atoms with Gasteiger partial charge in [-0.1, -0.05) is 50.0 Å². The Morgan fingerprint density at radius 1 is 1.28 bits per heavy atom. The molecule has 1 heterocycles. The van der Waals surface area contributed by atoms with Crippen LogP contribution in [-0.4, -0.2) is 73.4 Å². The van der Waals surface area contributed by atoms with Gasteiger partial charge in [-0.2, -0.15) is 0 Å². The first-order chi connectivity index (χ1) is 14.2. The number of fused-ring (bicyclic) bond motifs is 1. The molecule has 5 nitrogen and oxygen atoms in total. The molecule has 1 saturated heterocycles. The van der Waals surface area contributed by atoms with Crippen LogP contribution in [0.3, 0.4) is 0 Å². The highest BCUT2D eigenvalue weighted by atomic mass is 16.5. The highest BCUT2D eigenvalue weighted by Crippen LogP contribution is 2.47. The molecule has 0 aromatic carbocycles. The number of ether oxygens (including phenoxy) is 2. The molecule has 0 amide bonds. The van der Waals surface area contributed by atoms with E-state index in [9.17, 15) is 10.2 Å². The Morgan fingerprint density at radius 3 is 2.90 bits per heavy atom. The number of hydrogen-bond donors (Lipinski definition) is 2. The number of aliphatic hydroxyl groups is 2. The fraction of sp³-hybridized carbons (Fsp3) is 0.833. The Balaban J connectivity index is 1.34. The van der Waals surface area contributed by atoms with Crippen LogP contribution in [0.5, 0.6) is 0 Å². The minimum atomic E-state index is -0.374. The molecule has 29 heavy (non-hydrogen) atoms. The van der Waals surface area contributed by atoms with Crippen molar-refractivity contribution in [2.45, 2.75) is 64.1 Å². The standard InChI is InChI=1S/C24H41NO4/c1-2-3-4-5-21(26)6-7-22-23-17-19(16-20(23)18-24(22)27)8-12-28-13-9-25-10-14-29-15-11-25/h6-7,16,20-24,26-27H,2-5,8-15,17-18H2,1H3/t20-,21-,22+,23-,24+/m0/s1. The molecule has 0 spiro atoms. The van der Waals surface area contributed by atoms with E-state index in [4.69, 9.17) is 9.47 Å². The van der Waals surface area contributed by atoms with Gasteiger partial charge in [-0.25, -0.2) is 0 Å². The van der Waals surface area contributed by atoms with Crippen molar-refractivity contribution in [3.05, 3.63) is 23.8 Å². The molecule has 5 atom stereocenters. The molecule has 2 aliphatic carbocycles. The van der Waals surface area contributed by atoms with Crippen LogP contribution in [0.4, 0.5) is 0 Å². The summed E-state index contributed by atoms with van der Waals surface area (Å²) in [4.78, 5) is 2.40. The molecule has 0 bridgehead atoms. The first kappa shape index (κ1) is 23.0. The molecule has 1 aliphatic heterocycles. The lowest BCUT2D eigenvalue weighted by atomic mass is 9.88. The van der Waals surface area contributed by atoms with Crippen LogP contribution in [0.1, 0.15) is 51.9 Å². The summed E-state index contributed by atoms with van der Waals surface area (Å²) in [6.45, 7) is 8.46. The van der Waals surface area contributed by atoms with Gasteiger partial charge in [0.25, 0.3) is 0 Å². The van der Waals surface area contributed by atoms with E-state index in [1.54, 1.807) is 0 Å². The number of rotatable bonds is 12. The summed E-state index contributed by atoms with van der Waals surface area (Å²) >= 11 is 0. The molecular formula is C24H41NO4. The Hall–Kier alpha value is -0.720. The summed E-state index contributed by atoms with van der Waals surface area (Å²) in [5, 5.41) is 20.6. The fourth-order valence-electron chi connectivity index (χ4n) is 5.07. The van der Waals surface area contributed by atoms with Crippen LogP contribution in [-0.2, 0) is 9.47 Å². The molecule has 1 saturated carbocycles. The van der Waals surface area contributed by atoms with Gasteiger partial charge in [0.05, 0.1) is 38.6 Å². The Bertz CT molecular complexity index is 529. The van der Waals surface area contributed by atoms with Crippen LogP contribution >= 0.6 is 0 Å². The van der Waals surface area contributed by atoms with Gasteiger partial charge in [0.2, 0.25) is 0 Å². The Kier molecular flexibility index (Phi) is 9.67. The van der Waals surface area contributed by atoms with Crippen molar-refractivity contribution in [1.29, 1.82) is 0 Å². The van der Waals surface area contributed by atoms with E-state index in [1.807, 2.05) is 6.08 Å². The van der Waals surface area contributed by atoms with Crippen molar-refractivity contribution in [3.63, 3.8) is 0 Å². The number of aliphatic hydroxyl groups excluding tert-OH is 2. The van der Waals surface area contributed by atoms with Crippen molar-refractivity contribution in [1.82, 2.24) is 4.90 Å². The zero-order valence-corrected chi connectivity index (χ0v) is 18.2. The van der Waals surface area contributed by atoms with E-state index in [0.29, 0.717) is 11.8 Å². The van der Waals surface area contributed by atoms with Gasteiger partial charge < -0.3 is 19.7 Å². The second-order valence-electron chi connectivity index (χ2n) is 9.00. The number of morpholine rings is 1. The van der Waals surface area contributed by atoms with Crippen LogP contribution in [0.2, 0.25) is 0 Å². The summed E-state index contributed by atoms with van der Waals surface area (Å²) in [7, 11) is 0. The third-order valence-corrected chi connectivity index (χ3v) is 6.83. The molecule has 0 radical (unpaired) electrons. The average molecular weight is 408 g/mol. The van der Waals surface area contributed by atoms with Gasteiger partial charge in [-0.05, 0) is 37.5 Å². The lowest BCUT2D eigenvalue weighted by Crippen LogP contribution is -2.38. The SMILES string of the molecule is CCCCC[C@H](O)C=C[C@@H]1[C@H]2CC(CCOCCN3CCOCC3)=C[C@H]2C[C@H]1O. The van der Waals surface area contributed by atoms with Crippen molar-refractivity contribution in [2.24, 2.45) is 17.8 Å². The highest BCUT2D eigenvalue weighted by Gasteiger charge is 2.43. The van der Waals surface area contributed by atoms with E-state index < -0.39 is 0 Å². The van der Waals surface area contributed by atoms with E-state index in [1.165, 1.54) is 18.4 Å². The van der Waals surface area contributed by atoms with Crippen LogP contribution in [0.15, 0.2) is 23.8 Å². The van der Waals surface area contributed by atoms with Gasteiger partial charge in [-0.3, -0.25) is 4.90 Å². The molecule has 166 valence electrons. The molecule has 3 aliphatic rings. The lowest BCUT2D eigenvalue weighted by Gasteiger charge is -2.26. The predicted octanol–water partition coefficient (Wildman–Crippen LogP) is 3.17. The Labute approximate surface area is 176 Å². The normalized spacial score (nSPS) is 31.3. The van der Waals surface area contributed by atoms with E-state index in [0.717, 1.165) is 78.2 Å². The molecule has 0 unspecified atom stereocenters. The molecule has 3 rings (SSSR count). The minimum absolute atomic E-state index is 0.178. The largest absolute Gasteiger partial charge is 0.392 e. The van der Waals surface area contributed by atoms with Gasteiger partial charge in [0.1, 0.15) is 0 Å². The molecule has 5 heteroatoms. The first-order valence-corrected chi connectivity index (χ1v) is 11.8. The second-order valence-corrected chi connectivity index (χ2v) is 9.00. The molecule has 0 aromatic heterocycles. The zero-order valence-electron chi connectivity index (χ0n) is 18.2. The van der Waals surface area contributed by atoms with Crippen molar-refractivity contribution in [3.8, 4) is 0 Å². The zero-order chi connectivity index (χ0) is 20.5. The van der Waals surface area contributed by atoms with Gasteiger partial charge in [0, 0.05) is 25.6 Å². The van der Waals surface area contributed by atoms with Crippen molar-refractivity contribution < 1.29 is 19.7 Å². The maximum atomic E-state index is 10.5. The number of unbranched alkanes of at least 4 members (excludes halogenated alkanes) is 2. The monoisotopic (exact) mass is 407 g/mol. The molecule has 0 aromatic rings. The molecular weight excluding hydrogens is 366 g/mol. The second kappa shape index (κ2) is 12.2. The highest BCUT2D eigenvalue weighted by molar-refractivity contribution is 5.21. The van der Waals surface area contributed by atoms with Gasteiger partial charge in [0.15, 0.2) is 0 Å². The smallest absolute Gasteiger partial charge is 0.0721 e. The fourth-order valence-corrected chi connectivity index (χ4v) is 5.07. The van der Waals surface area contributed by atoms with Gasteiger partial charge in [-0.15, -0.1) is 0 Å². The Morgan fingerprint density at radius 2 is 2.10 bits per heavy atom. The quantitative estimate of drug-likeness (QED) is 0.384. The van der Waals surface area contributed by atoms with Crippen LogP contribution in [0.25, 0.3) is 0 Å². The number of allylic oxidation sites excluding steroid dienone is 1. The summed E-state index contributed by atoms with van der Waals surface area (Å²) in [6, 6.07) is 0. The number of nitrogens with zero attached hydrogens (tertiary/aromatic N) is 1. The van der Waals surface area contributed by atoms with E-state index in [-0.39, 0.29) is 18.1 Å². The van der Waals surface area contributed by atoms with Crippen LogP contribution in [0, 0.1) is 17.8 Å². The summed E-state index contributed by atoms with van der Waals surface area (Å²) < 4.78 is 11.2. The van der Waals surface area contributed by atoms with Crippen molar-refractivity contribution in [2.75, 3.05) is 46.1 Å². The van der Waals surface area contributed by atoms with Crippen LogP contribution < -0.4 is 0 Å². The first-order valence-electron chi connectivity index (χ1n) is 11.8. The molecule has 2 N–H and O–H groups in total.